The molecule has 0 unspecified atom stereocenters. The Morgan fingerprint density at radius 2 is 1.01 bits per heavy atom. The molecule has 0 radical (unpaired) electrons. The number of hydrogen-bond donors (Lipinski definition) is 14. The van der Waals surface area contributed by atoms with Crippen molar-refractivity contribution in [2.45, 2.75) is 148 Å². The Morgan fingerprint density at radius 3 is 1.48 bits per heavy atom. The van der Waals surface area contributed by atoms with Gasteiger partial charge in [0, 0.05) is 12.8 Å². The number of nitrogens with two attached hydrogens (primary N) is 2. The van der Waals surface area contributed by atoms with Crippen LogP contribution < -0.4 is 59.3 Å². The predicted octanol–water partition coefficient (Wildman–Crippen LogP) is -1.72. The fourth-order valence-corrected chi connectivity index (χ4v) is 8.19. The molecule has 16 N–H and O–H groups in total. The topological polar surface area (TPSA) is 426 Å². The Balaban J connectivity index is 2.29. The zero-order valence-corrected chi connectivity index (χ0v) is 47.1. The van der Waals surface area contributed by atoms with E-state index in [0.717, 1.165) is 0 Å². The number of carbonyl (C=O) groups excluding carboxylic acids is 11. The first-order valence-electron chi connectivity index (χ1n) is 26.1. The van der Waals surface area contributed by atoms with Crippen LogP contribution in [-0.2, 0) is 70.4 Å². The molecule has 0 spiro atoms. The van der Waals surface area contributed by atoms with Crippen molar-refractivity contribution < 1.29 is 72.9 Å². The number of carboxylic acid groups (broad SMARTS) is 1. The summed E-state index contributed by atoms with van der Waals surface area (Å²) in [4.78, 5) is 158. The summed E-state index contributed by atoms with van der Waals surface area (Å²) in [5.74, 6) is -11.6. The number of rotatable bonds is 35. The fraction of sp³-hybridized carbons (Fsp3) is 0.547. The van der Waals surface area contributed by atoms with E-state index in [1.807, 2.05) is 6.26 Å². The summed E-state index contributed by atoms with van der Waals surface area (Å²) in [6.07, 6.45) is 1.34. The average molecular weight is 1140 g/mol. The normalized spacial score (nSPS) is 15.2. The fourth-order valence-electron chi connectivity index (χ4n) is 7.70. The molecular formula is C53H79N11O15S. The Bertz CT molecular complexity index is 2470. The maximum absolute atomic E-state index is 14.2. The van der Waals surface area contributed by atoms with Gasteiger partial charge in [-0.3, -0.25) is 52.7 Å². The van der Waals surface area contributed by atoms with E-state index in [1.165, 1.54) is 55.1 Å². The van der Waals surface area contributed by atoms with Crippen molar-refractivity contribution in [1.29, 1.82) is 0 Å². The van der Waals surface area contributed by atoms with Gasteiger partial charge in [0.1, 0.15) is 60.1 Å². The van der Waals surface area contributed by atoms with E-state index >= 15 is 0 Å². The van der Waals surface area contributed by atoms with Crippen LogP contribution in [0.25, 0.3) is 0 Å². The van der Waals surface area contributed by atoms with Crippen LogP contribution in [0, 0.1) is 17.8 Å². The Labute approximate surface area is 469 Å². The Kier molecular flexibility index (Phi) is 29.2. The van der Waals surface area contributed by atoms with Gasteiger partial charge in [-0.2, -0.15) is 11.8 Å². The molecule has 0 aromatic heterocycles. The summed E-state index contributed by atoms with van der Waals surface area (Å²) < 4.78 is 0. The van der Waals surface area contributed by atoms with Crippen molar-refractivity contribution in [1.82, 2.24) is 47.9 Å². The van der Waals surface area contributed by atoms with E-state index in [2.05, 4.69) is 47.9 Å². The van der Waals surface area contributed by atoms with Gasteiger partial charge < -0.3 is 79.4 Å². The highest BCUT2D eigenvalue weighted by atomic mass is 32.2. The lowest BCUT2D eigenvalue weighted by Gasteiger charge is -2.29. The van der Waals surface area contributed by atoms with Crippen molar-refractivity contribution in [3.63, 3.8) is 0 Å². The average Bonchev–Trinajstić information content (AvgIpc) is 3.40. The summed E-state index contributed by atoms with van der Waals surface area (Å²) in [7, 11) is 0. The minimum Gasteiger partial charge on any atom is -0.508 e. The van der Waals surface area contributed by atoms with Crippen LogP contribution in [0.2, 0.25) is 0 Å². The van der Waals surface area contributed by atoms with E-state index < -0.39 is 157 Å². The number of aliphatic carboxylic acids is 1. The summed E-state index contributed by atoms with van der Waals surface area (Å²) >= 11 is 1.48. The zero-order valence-electron chi connectivity index (χ0n) is 46.3. The van der Waals surface area contributed by atoms with Gasteiger partial charge in [0.25, 0.3) is 0 Å². The molecule has 80 heavy (non-hydrogen) atoms. The number of phenols is 2. The molecule has 26 nitrogen and oxygen atoms in total. The van der Waals surface area contributed by atoms with E-state index in [0.29, 0.717) is 29.7 Å². The summed E-state index contributed by atoms with van der Waals surface area (Å²) in [5.41, 5.74) is 12.3. The third-order valence-corrected chi connectivity index (χ3v) is 13.6. The number of thioether (sulfide) groups is 1. The molecule has 0 saturated heterocycles. The molecule has 2 rings (SSSR count). The molecule has 0 aliphatic rings. The number of aromatic hydroxyl groups is 2. The van der Waals surface area contributed by atoms with Crippen molar-refractivity contribution in [3.05, 3.63) is 59.7 Å². The lowest BCUT2D eigenvalue weighted by Crippen LogP contribution is -2.60. The second kappa shape index (κ2) is 34.3. The predicted molar refractivity (Wildman–Crippen MR) is 295 cm³/mol. The Morgan fingerprint density at radius 1 is 0.562 bits per heavy atom. The molecule has 11 atom stereocenters. The van der Waals surface area contributed by atoms with E-state index in [1.54, 1.807) is 53.7 Å². The van der Waals surface area contributed by atoms with Crippen LogP contribution in [0.1, 0.15) is 91.7 Å². The number of aldehydes is 1. The van der Waals surface area contributed by atoms with Crippen molar-refractivity contribution >= 4 is 83.1 Å². The lowest BCUT2D eigenvalue weighted by atomic mass is 9.96. The van der Waals surface area contributed by atoms with Gasteiger partial charge in [0.2, 0.25) is 59.1 Å². The largest absolute Gasteiger partial charge is 0.508 e. The molecule has 0 aliphatic heterocycles. The molecule has 442 valence electrons. The monoisotopic (exact) mass is 1140 g/mol. The van der Waals surface area contributed by atoms with E-state index in [4.69, 9.17) is 11.5 Å². The second-order valence-electron chi connectivity index (χ2n) is 19.8. The summed E-state index contributed by atoms with van der Waals surface area (Å²) in [6, 6.07) is -0.453. The molecule has 0 heterocycles. The number of benzene rings is 2. The number of primary amides is 1. The lowest BCUT2D eigenvalue weighted by molar-refractivity contribution is -0.142. The highest BCUT2D eigenvalue weighted by molar-refractivity contribution is 7.98. The van der Waals surface area contributed by atoms with Crippen LogP contribution >= 0.6 is 11.8 Å². The maximum Gasteiger partial charge on any atom is 0.305 e. The SMILES string of the molecule is CC[C@H](C)[C@H](NC(=O)CNC(=O)[C@@H](NC(=O)[C@H](Cc1ccc(O)cc1)NC(=O)[C@H](C)NC(=O)[C@H](Cc1ccc(O)cc1)NC(=O)[C@@H](N)CCSC)C(C)C)C(=O)N[C@@H](CC(=O)O)C(=O)N[C@H](C(=O)N[C@H](C=O)CC(N)=O)[C@@H](C)CC. The van der Waals surface area contributed by atoms with Gasteiger partial charge >= 0.3 is 5.97 Å². The number of hydrogen-bond acceptors (Lipinski definition) is 16. The number of carbonyl (C=O) groups is 12. The van der Waals surface area contributed by atoms with Gasteiger partial charge in [-0.15, -0.1) is 0 Å². The van der Waals surface area contributed by atoms with Gasteiger partial charge in [-0.1, -0.05) is 78.6 Å². The molecule has 2 aromatic carbocycles. The van der Waals surface area contributed by atoms with Gasteiger partial charge in [-0.25, -0.2) is 0 Å². The minimum atomic E-state index is -1.79. The van der Waals surface area contributed by atoms with Crippen LogP contribution in [0.5, 0.6) is 11.5 Å². The summed E-state index contributed by atoms with van der Waals surface area (Å²) in [5, 5.41) is 51.9. The van der Waals surface area contributed by atoms with Gasteiger partial charge in [0.15, 0.2) is 0 Å². The van der Waals surface area contributed by atoms with E-state index in [9.17, 15) is 72.9 Å². The van der Waals surface area contributed by atoms with E-state index in [-0.39, 0.29) is 37.0 Å². The van der Waals surface area contributed by atoms with Crippen molar-refractivity contribution in [2.75, 3.05) is 18.6 Å². The highest BCUT2D eigenvalue weighted by Crippen LogP contribution is 2.16. The molecule has 0 saturated carbocycles. The van der Waals surface area contributed by atoms with Crippen LogP contribution in [0.3, 0.4) is 0 Å². The second-order valence-corrected chi connectivity index (χ2v) is 20.8. The van der Waals surface area contributed by atoms with Crippen LogP contribution in [0.15, 0.2) is 48.5 Å². The number of nitrogens with one attached hydrogen (secondary N) is 9. The molecule has 0 fully saturated rings. The number of phenolic OH excluding ortho intramolecular Hbond substituents is 2. The molecule has 10 amide bonds. The zero-order chi connectivity index (χ0) is 60.4. The smallest absolute Gasteiger partial charge is 0.305 e. The first kappa shape index (κ1) is 68.3. The molecule has 2 aromatic rings. The molecule has 27 heteroatoms. The molecule has 0 bridgehead atoms. The molecule has 0 aliphatic carbocycles. The van der Waals surface area contributed by atoms with Crippen LogP contribution in [-0.4, -0.2) is 160 Å². The van der Waals surface area contributed by atoms with Gasteiger partial charge in [-0.05, 0) is 78.5 Å². The number of amides is 10. The first-order chi connectivity index (χ1) is 37.6. The molecular weight excluding hydrogens is 1060 g/mol. The highest BCUT2D eigenvalue weighted by Gasteiger charge is 2.36. The van der Waals surface area contributed by atoms with Gasteiger partial charge in [0.05, 0.1) is 31.5 Å². The minimum absolute atomic E-state index is 0.0248. The third kappa shape index (κ3) is 23.7. The van der Waals surface area contributed by atoms with Crippen molar-refractivity contribution in [2.24, 2.45) is 29.2 Å². The third-order valence-electron chi connectivity index (χ3n) is 12.9. The standard InChI is InChI=1S/C53H79N11O15S/c1-9-28(5)44(53(79)61-39(24-42(70)71)50(76)64-45(29(6)10-2)52(78)58-33(26-65)23-40(55)68)62-41(69)25-56-51(77)43(27(3)4)63-49(75)38(22-32-13-17-35(67)18-14-32)59-46(72)30(7)57-48(74)37(21-31-11-15-34(66)16-12-31)60-47(73)36(54)19-20-80-8/h11-18,26-30,33,36-39,43-45,66-67H,9-10,19-25,54H2,1-8H3,(H2,55,68)(H,56,77)(H,57,74)(H,58,78)(H,59,72)(H,60,73)(H,61,79)(H,62,69)(H,63,75)(H,64,76)(H,70,71)/t28-,29-,30-,33-,36-,37-,38-,39-,43-,44-,45-/m0/s1. The first-order valence-corrected chi connectivity index (χ1v) is 27.5. The Hall–Kier alpha value is -7.81. The number of carboxylic acids is 1. The van der Waals surface area contributed by atoms with Crippen molar-refractivity contribution in [3.8, 4) is 11.5 Å². The summed E-state index contributed by atoms with van der Waals surface area (Å²) in [6.45, 7) is 10.3. The maximum atomic E-state index is 14.2. The van der Waals surface area contributed by atoms with Crippen LogP contribution in [0.4, 0.5) is 0 Å². The quantitative estimate of drug-likeness (QED) is 0.0341.